The number of hydrogen-bond donors (Lipinski definition) is 1. The molecule has 0 aliphatic heterocycles. The molecule has 68 valence electrons. The van der Waals surface area contributed by atoms with Gasteiger partial charge in [0.05, 0.1) is 6.61 Å². The predicted molar refractivity (Wildman–Crippen MR) is 61.4 cm³/mol. The Bertz CT molecular complexity index is 207. The van der Waals surface area contributed by atoms with Gasteiger partial charge in [0.1, 0.15) is 7.85 Å². The van der Waals surface area contributed by atoms with Crippen LogP contribution in [0.15, 0.2) is 0 Å². The summed E-state index contributed by atoms with van der Waals surface area (Å²) < 4.78 is 0.737. The first kappa shape index (κ1) is 9.32. The fraction of sp³-hybridized carbons (Fsp3) is 1.00. The molecule has 0 aromatic carbocycles. The van der Waals surface area contributed by atoms with Gasteiger partial charge in [0.15, 0.2) is 0 Å². The molecule has 2 saturated carbocycles. The van der Waals surface area contributed by atoms with Crippen LogP contribution < -0.4 is 0 Å². The van der Waals surface area contributed by atoms with Crippen molar-refractivity contribution < 1.29 is 5.11 Å². The molecule has 0 aromatic rings. The third-order valence-corrected chi connectivity index (χ3v) is 6.58. The van der Waals surface area contributed by atoms with Crippen LogP contribution in [0.2, 0.25) is 5.82 Å². The average Bonchev–Trinajstić information content (AvgIpc) is 2.61. The Kier molecular flexibility index (Phi) is 2.04. The standard InChI is InChI=1S/C9H16BIO/c1-4-5(2)9(3-12)6(7(4)10)8(9)11/h4-8,12H,3,10H2,1-2H3/t4-,5+,6+,7+,8?,9-/m1/s1. The highest BCUT2D eigenvalue weighted by molar-refractivity contribution is 14.1. The lowest BCUT2D eigenvalue weighted by atomic mass is 9.73. The Balaban J connectivity index is 2.27. The summed E-state index contributed by atoms with van der Waals surface area (Å²) in [5.41, 5.74) is 0.305. The molecule has 1 N–H and O–H groups in total. The van der Waals surface area contributed by atoms with Gasteiger partial charge in [0.25, 0.3) is 0 Å². The van der Waals surface area contributed by atoms with Gasteiger partial charge >= 0.3 is 0 Å². The normalized spacial score (nSPS) is 63.2. The van der Waals surface area contributed by atoms with Gasteiger partial charge in [0, 0.05) is 9.34 Å². The maximum Gasteiger partial charge on any atom is 0.106 e. The van der Waals surface area contributed by atoms with E-state index in [0.29, 0.717) is 17.9 Å². The molecule has 0 spiro atoms. The van der Waals surface area contributed by atoms with Crippen molar-refractivity contribution in [3.05, 3.63) is 0 Å². The van der Waals surface area contributed by atoms with E-state index in [4.69, 9.17) is 0 Å². The summed E-state index contributed by atoms with van der Waals surface area (Å²) in [6.45, 7) is 5.05. The van der Waals surface area contributed by atoms with Crippen molar-refractivity contribution in [3.63, 3.8) is 0 Å². The van der Waals surface area contributed by atoms with Gasteiger partial charge in [-0.05, 0) is 17.8 Å². The van der Waals surface area contributed by atoms with E-state index in [2.05, 4.69) is 44.3 Å². The minimum Gasteiger partial charge on any atom is -0.396 e. The van der Waals surface area contributed by atoms with Crippen LogP contribution in [0.3, 0.4) is 0 Å². The van der Waals surface area contributed by atoms with E-state index in [1.54, 1.807) is 0 Å². The predicted octanol–water partition coefficient (Wildman–Crippen LogP) is 1.11. The van der Waals surface area contributed by atoms with Gasteiger partial charge in [-0.3, -0.25) is 0 Å². The first-order valence-electron chi connectivity index (χ1n) is 4.82. The van der Waals surface area contributed by atoms with E-state index in [9.17, 15) is 5.11 Å². The number of fused-ring (bicyclic) bond motifs is 1. The monoisotopic (exact) mass is 278 g/mol. The zero-order valence-electron chi connectivity index (χ0n) is 7.92. The topological polar surface area (TPSA) is 20.2 Å². The number of halogens is 1. The fourth-order valence-corrected chi connectivity index (χ4v) is 5.66. The summed E-state index contributed by atoms with van der Waals surface area (Å²) in [4.78, 5) is 0. The molecular weight excluding hydrogens is 262 g/mol. The number of hydrogen-bond acceptors (Lipinski definition) is 1. The molecule has 1 unspecified atom stereocenters. The molecule has 1 nitrogen and oxygen atoms in total. The van der Waals surface area contributed by atoms with Crippen LogP contribution in [0.25, 0.3) is 0 Å². The van der Waals surface area contributed by atoms with Crippen molar-refractivity contribution in [1.82, 2.24) is 0 Å². The lowest BCUT2D eigenvalue weighted by molar-refractivity contribution is 0.158. The Labute approximate surface area is 88.9 Å². The Hall–Kier alpha value is 0.755. The Morgan fingerprint density at radius 3 is 2.42 bits per heavy atom. The summed E-state index contributed by atoms with van der Waals surface area (Å²) >= 11 is 2.53. The summed E-state index contributed by atoms with van der Waals surface area (Å²) in [6, 6.07) is 0. The molecule has 3 heteroatoms. The molecule has 2 aliphatic rings. The van der Waals surface area contributed by atoms with Gasteiger partial charge < -0.3 is 5.11 Å². The van der Waals surface area contributed by atoms with E-state index in [-0.39, 0.29) is 0 Å². The summed E-state index contributed by atoms with van der Waals surface area (Å²) in [5, 5.41) is 9.44. The second kappa shape index (κ2) is 2.63. The lowest BCUT2D eigenvalue weighted by Crippen LogP contribution is -2.23. The third kappa shape index (κ3) is 0.801. The zero-order chi connectivity index (χ0) is 9.09. The Morgan fingerprint density at radius 2 is 2.08 bits per heavy atom. The van der Waals surface area contributed by atoms with Gasteiger partial charge in [-0.2, -0.15) is 0 Å². The van der Waals surface area contributed by atoms with Crippen molar-refractivity contribution in [2.45, 2.75) is 23.6 Å². The maximum absolute atomic E-state index is 9.44. The summed E-state index contributed by atoms with van der Waals surface area (Å²) in [7, 11) is 2.35. The highest BCUT2D eigenvalue weighted by atomic mass is 127. The highest BCUT2D eigenvalue weighted by Crippen LogP contribution is 2.74. The van der Waals surface area contributed by atoms with Gasteiger partial charge in [-0.25, -0.2) is 0 Å². The van der Waals surface area contributed by atoms with Gasteiger partial charge in [0.2, 0.25) is 0 Å². The largest absolute Gasteiger partial charge is 0.396 e. The van der Waals surface area contributed by atoms with Crippen LogP contribution in [0.1, 0.15) is 13.8 Å². The summed E-state index contributed by atoms with van der Waals surface area (Å²) in [5.74, 6) is 3.12. The smallest absolute Gasteiger partial charge is 0.106 e. The van der Waals surface area contributed by atoms with Crippen molar-refractivity contribution in [3.8, 4) is 0 Å². The van der Waals surface area contributed by atoms with Crippen molar-refractivity contribution in [2.75, 3.05) is 6.61 Å². The highest BCUT2D eigenvalue weighted by Gasteiger charge is 2.72. The minimum atomic E-state index is 0.305. The molecule has 0 aromatic heterocycles. The molecule has 0 radical (unpaired) electrons. The molecule has 0 saturated heterocycles. The van der Waals surface area contributed by atoms with Gasteiger partial charge in [-0.15, -0.1) is 0 Å². The molecule has 0 amide bonds. The zero-order valence-corrected chi connectivity index (χ0v) is 10.1. The fourth-order valence-electron chi connectivity index (χ4n) is 3.36. The van der Waals surface area contributed by atoms with Crippen LogP contribution in [0.4, 0.5) is 0 Å². The molecular formula is C9H16BIO. The molecule has 2 fully saturated rings. The quantitative estimate of drug-likeness (QED) is 0.433. The van der Waals surface area contributed by atoms with E-state index in [0.717, 1.165) is 21.6 Å². The first-order chi connectivity index (χ1) is 5.57. The third-order valence-electron chi connectivity index (χ3n) is 4.65. The molecule has 2 rings (SSSR count). The molecule has 0 bridgehead atoms. The van der Waals surface area contributed by atoms with Crippen LogP contribution >= 0.6 is 22.6 Å². The van der Waals surface area contributed by atoms with E-state index >= 15 is 0 Å². The van der Waals surface area contributed by atoms with Crippen LogP contribution in [-0.4, -0.2) is 23.5 Å². The van der Waals surface area contributed by atoms with Crippen molar-refractivity contribution >= 4 is 30.4 Å². The van der Waals surface area contributed by atoms with Crippen molar-refractivity contribution in [1.29, 1.82) is 0 Å². The number of aliphatic hydroxyl groups excluding tert-OH is 1. The first-order valence-corrected chi connectivity index (χ1v) is 6.07. The number of aliphatic hydroxyl groups is 1. The summed E-state index contributed by atoms with van der Waals surface area (Å²) in [6.07, 6.45) is 0. The van der Waals surface area contributed by atoms with Gasteiger partial charge in [-0.1, -0.05) is 42.3 Å². The van der Waals surface area contributed by atoms with E-state index < -0.39 is 0 Å². The average molecular weight is 278 g/mol. The molecule has 2 aliphatic carbocycles. The molecule has 0 heterocycles. The lowest BCUT2D eigenvalue weighted by Gasteiger charge is -2.24. The maximum atomic E-state index is 9.44. The van der Waals surface area contributed by atoms with Crippen LogP contribution in [0, 0.1) is 23.2 Å². The van der Waals surface area contributed by atoms with E-state index in [1.807, 2.05) is 0 Å². The van der Waals surface area contributed by atoms with E-state index in [1.165, 1.54) is 0 Å². The van der Waals surface area contributed by atoms with Crippen LogP contribution in [-0.2, 0) is 0 Å². The second-order valence-electron chi connectivity index (χ2n) is 4.70. The molecule has 6 atom stereocenters. The van der Waals surface area contributed by atoms with Crippen molar-refractivity contribution in [2.24, 2.45) is 23.2 Å². The number of rotatable bonds is 1. The Morgan fingerprint density at radius 1 is 1.50 bits per heavy atom. The minimum absolute atomic E-state index is 0.305. The number of alkyl halides is 1. The SMILES string of the molecule is B[C@H]1[C@H](C)[C@H](C)[C@@]2(CO)C(I)[C@H]12. The van der Waals surface area contributed by atoms with Crippen LogP contribution in [0.5, 0.6) is 0 Å². The molecule has 12 heavy (non-hydrogen) atoms. The second-order valence-corrected chi connectivity index (χ2v) is 6.05.